The third-order valence-corrected chi connectivity index (χ3v) is 2.40. The lowest BCUT2D eigenvalue weighted by Crippen LogP contribution is -1.84. The summed E-state index contributed by atoms with van der Waals surface area (Å²) in [7, 11) is 0. The number of phenols is 1. The maximum absolute atomic E-state index is 9.06. The monoisotopic (exact) mass is 208 g/mol. The maximum Gasteiger partial charge on any atom is 0.216 e. The molecule has 0 amide bonds. The van der Waals surface area contributed by atoms with Gasteiger partial charge in [-0.25, -0.2) is 5.10 Å². The molecule has 0 spiro atoms. The first-order chi connectivity index (χ1) is 6.74. The Labute approximate surface area is 84.4 Å². The highest BCUT2D eigenvalue weighted by Crippen LogP contribution is 2.25. The fourth-order valence-electron chi connectivity index (χ4n) is 0.923. The Kier molecular flexibility index (Phi) is 2.28. The van der Waals surface area contributed by atoms with Crippen molar-refractivity contribution in [3.05, 3.63) is 24.3 Å². The molecule has 14 heavy (non-hydrogen) atoms. The number of aromatic hydroxyl groups is 1. The van der Waals surface area contributed by atoms with Crippen LogP contribution in [0.1, 0.15) is 0 Å². The van der Waals surface area contributed by atoms with Crippen molar-refractivity contribution in [2.45, 2.75) is 10.1 Å². The third-order valence-electron chi connectivity index (χ3n) is 1.53. The first-order valence-electron chi connectivity index (χ1n) is 3.89. The number of benzene rings is 1. The lowest BCUT2D eigenvalue weighted by atomic mass is 10.3. The van der Waals surface area contributed by atoms with Gasteiger partial charge >= 0.3 is 0 Å². The number of nitrogens with two attached hydrogens (primary N) is 1. The number of nitrogen functional groups attached to an aromatic ring is 1. The number of anilines is 1. The molecule has 2 aromatic rings. The molecule has 0 saturated heterocycles. The van der Waals surface area contributed by atoms with Gasteiger partial charge in [0.1, 0.15) is 5.75 Å². The summed E-state index contributed by atoms with van der Waals surface area (Å²) in [6.45, 7) is 0. The molecule has 0 unspecified atom stereocenters. The van der Waals surface area contributed by atoms with Crippen molar-refractivity contribution in [3.63, 3.8) is 0 Å². The van der Waals surface area contributed by atoms with E-state index in [2.05, 4.69) is 15.2 Å². The molecule has 1 aromatic carbocycles. The predicted octanol–water partition coefficient (Wildman–Crippen LogP) is 1.24. The number of rotatable bonds is 2. The van der Waals surface area contributed by atoms with E-state index in [4.69, 9.17) is 10.8 Å². The van der Waals surface area contributed by atoms with E-state index < -0.39 is 0 Å². The Morgan fingerprint density at radius 2 is 2.00 bits per heavy atom. The van der Waals surface area contributed by atoms with Gasteiger partial charge < -0.3 is 10.8 Å². The number of H-pyrrole nitrogens is 1. The lowest BCUT2D eigenvalue weighted by molar-refractivity contribution is 0.475. The Bertz CT molecular complexity index is 425. The summed E-state index contributed by atoms with van der Waals surface area (Å²) in [5.74, 6) is 0.537. The molecule has 5 nitrogen and oxygen atoms in total. The topological polar surface area (TPSA) is 87.8 Å². The largest absolute Gasteiger partial charge is 0.508 e. The van der Waals surface area contributed by atoms with Gasteiger partial charge in [0.2, 0.25) is 11.1 Å². The molecular weight excluding hydrogens is 200 g/mol. The van der Waals surface area contributed by atoms with E-state index in [1.165, 1.54) is 11.8 Å². The van der Waals surface area contributed by atoms with Crippen LogP contribution in [0.4, 0.5) is 5.95 Å². The molecule has 1 aromatic heterocycles. The van der Waals surface area contributed by atoms with Crippen LogP contribution in [0.3, 0.4) is 0 Å². The van der Waals surface area contributed by atoms with Gasteiger partial charge in [-0.05, 0) is 36.0 Å². The van der Waals surface area contributed by atoms with Gasteiger partial charge in [-0.2, -0.15) is 4.98 Å². The van der Waals surface area contributed by atoms with E-state index in [1.54, 1.807) is 24.3 Å². The molecule has 72 valence electrons. The summed E-state index contributed by atoms with van der Waals surface area (Å²) in [5.41, 5.74) is 5.37. The number of aromatic amines is 1. The standard InChI is InChI=1S/C8H8N4OS/c9-7-10-8(12-11-7)14-6-3-1-5(13)2-4-6/h1-4,13H,(H3,9,10,11,12). The van der Waals surface area contributed by atoms with Crippen LogP contribution < -0.4 is 5.73 Å². The Morgan fingerprint density at radius 3 is 2.57 bits per heavy atom. The molecule has 6 heteroatoms. The van der Waals surface area contributed by atoms with Crippen molar-refractivity contribution in [2.24, 2.45) is 0 Å². The van der Waals surface area contributed by atoms with Gasteiger partial charge in [0.15, 0.2) is 0 Å². The highest BCUT2D eigenvalue weighted by atomic mass is 32.2. The number of nitrogens with one attached hydrogen (secondary N) is 1. The van der Waals surface area contributed by atoms with E-state index >= 15 is 0 Å². The van der Waals surface area contributed by atoms with Crippen molar-refractivity contribution in [3.8, 4) is 5.75 Å². The fraction of sp³-hybridized carbons (Fsp3) is 0. The van der Waals surface area contributed by atoms with E-state index in [9.17, 15) is 0 Å². The Hall–Kier alpha value is -1.69. The molecule has 0 aliphatic heterocycles. The highest BCUT2D eigenvalue weighted by Gasteiger charge is 2.02. The lowest BCUT2D eigenvalue weighted by Gasteiger charge is -1.95. The first kappa shape index (κ1) is 8.89. The molecule has 0 bridgehead atoms. The number of aromatic nitrogens is 3. The average Bonchev–Trinajstić information content (AvgIpc) is 2.56. The van der Waals surface area contributed by atoms with Gasteiger partial charge in [-0.3, -0.25) is 0 Å². The second-order valence-electron chi connectivity index (χ2n) is 2.60. The van der Waals surface area contributed by atoms with Crippen LogP contribution in [0, 0.1) is 0 Å². The summed E-state index contributed by atoms with van der Waals surface area (Å²) in [6, 6.07) is 6.79. The number of hydrogen-bond donors (Lipinski definition) is 3. The SMILES string of the molecule is Nc1nc(Sc2ccc(O)cc2)n[nH]1. The molecule has 0 saturated carbocycles. The molecular formula is C8H8N4OS. The minimum absolute atomic E-state index is 0.240. The average molecular weight is 208 g/mol. The summed E-state index contributed by atoms with van der Waals surface area (Å²) in [4.78, 5) is 4.89. The summed E-state index contributed by atoms with van der Waals surface area (Å²) in [5, 5.41) is 16.0. The zero-order valence-electron chi connectivity index (χ0n) is 7.14. The smallest absolute Gasteiger partial charge is 0.216 e. The number of hydrogen-bond acceptors (Lipinski definition) is 5. The van der Waals surface area contributed by atoms with Gasteiger partial charge in [0.25, 0.3) is 0 Å². The first-order valence-corrected chi connectivity index (χ1v) is 4.70. The van der Waals surface area contributed by atoms with Gasteiger partial charge in [0.05, 0.1) is 0 Å². The Morgan fingerprint density at radius 1 is 1.29 bits per heavy atom. The van der Waals surface area contributed by atoms with Gasteiger partial charge in [0, 0.05) is 4.90 Å². The molecule has 0 radical (unpaired) electrons. The predicted molar refractivity (Wildman–Crippen MR) is 53.0 cm³/mol. The van der Waals surface area contributed by atoms with Crippen molar-refractivity contribution in [2.75, 3.05) is 5.73 Å². The van der Waals surface area contributed by atoms with Crippen LogP contribution in [-0.4, -0.2) is 20.3 Å². The highest BCUT2D eigenvalue weighted by molar-refractivity contribution is 7.99. The van der Waals surface area contributed by atoms with Crippen LogP contribution in [0.15, 0.2) is 34.3 Å². The number of nitrogens with zero attached hydrogens (tertiary/aromatic N) is 2. The molecule has 4 N–H and O–H groups in total. The van der Waals surface area contributed by atoms with E-state index in [1.807, 2.05) is 0 Å². The van der Waals surface area contributed by atoms with Gasteiger partial charge in [-0.1, -0.05) is 0 Å². The molecule has 2 rings (SSSR count). The van der Waals surface area contributed by atoms with Crippen molar-refractivity contribution >= 4 is 17.7 Å². The fourth-order valence-corrected chi connectivity index (χ4v) is 1.64. The summed E-state index contributed by atoms with van der Waals surface area (Å²) < 4.78 is 0. The van der Waals surface area contributed by atoms with Crippen molar-refractivity contribution < 1.29 is 5.11 Å². The van der Waals surface area contributed by atoms with Crippen LogP contribution in [0.5, 0.6) is 5.75 Å². The summed E-state index contributed by atoms with van der Waals surface area (Å²) in [6.07, 6.45) is 0. The minimum atomic E-state index is 0.240. The van der Waals surface area contributed by atoms with Crippen LogP contribution >= 0.6 is 11.8 Å². The maximum atomic E-state index is 9.06. The minimum Gasteiger partial charge on any atom is -0.508 e. The van der Waals surface area contributed by atoms with Gasteiger partial charge in [-0.15, -0.1) is 5.10 Å². The van der Waals surface area contributed by atoms with E-state index in [0.717, 1.165) is 4.90 Å². The van der Waals surface area contributed by atoms with Crippen LogP contribution in [-0.2, 0) is 0 Å². The summed E-state index contributed by atoms with van der Waals surface area (Å²) >= 11 is 1.37. The Balaban J connectivity index is 2.15. The third kappa shape index (κ3) is 1.97. The van der Waals surface area contributed by atoms with E-state index in [-0.39, 0.29) is 5.75 Å². The normalized spacial score (nSPS) is 10.3. The molecule has 0 fully saturated rings. The van der Waals surface area contributed by atoms with Crippen molar-refractivity contribution in [1.29, 1.82) is 0 Å². The zero-order chi connectivity index (χ0) is 9.97. The quantitative estimate of drug-likeness (QED) is 0.691. The van der Waals surface area contributed by atoms with Crippen LogP contribution in [0.25, 0.3) is 0 Å². The van der Waals surface area contributed by atoms with E-state index in [0.29, 0.717) is 11.1 Å². The number of phenolic OH excluding ortho intramolecular Hbond substituents is 1. The zero-order valence-corrected chi connectivity index (χ0v) is 7.95. The molecule has 1 heterocycles. The second-order valence-corrected chi connectivity index (χ2v) is 3.64. The second kappa shape index (κ2) is 3.59. The van der Waals surface area contributed by atoms with Crippen molar-refractivity contribution in [1.82, 2.24) is 15.2 Å². The molecule has 0 aliphatic carbocycles. The molecule has 0 aliphatic rings. The molecule has 0 atom stereocenters. The van der Waals surface area contributed by atoms with Crippen LogP contribution in [0.2, 0.25) is 0 Å².